The van der Waals surface area contributed by atoms with Gasteiger partial charge >= 0.3 is 0 Å². The van der Waals surface area contributed by atoms with Gasteiger partial charge in [0.25, 0.3) is 0 Å². The lowest BCUT2D eigenvalue weighted by atomic mass is 10.1. The molecule has 0 amide bonds. The molecule has 96 valence electrons. The van der Waals surface area contributed by atoms with Crippen molar-refractivity contribution in [1.82, 2.24) is 4.57 Å². The van der Waals surface area contributed by atoms with E-state index in [2.05, 4.69) is 71.3 Å². The van der Waals surface area contributed by atoms with Crippen molar-refractivity contribution in [2.45, 2.75) is 6.42 Å². The van der Waals surface area contributed by atoms with Crippen molar-refractivity contribution in [2.75, 3.05) is 0 Å². The van der Waals surface area contributed by atoms with Crippen LogP contribution >= 0.6 is 0 Å². The molecule has 2 aliphatic carbocycles. The molecule has 1 fully saturated rings. The van der Waals surface area contributed by atoms with Crippen molar-refractivity contribution in [3.05, 3.63) is 65.2 Å². The van der Waals surface area contributed by atoms with E-state index in [4.69, 9.17) is 0 Å². The average Bonchev–Trinajstić information content (AvgIpc) is 3.19. The molecular weight excluding hydrogens is 242 g/mol. The van der Waals surface area contributed by atoms with Crippen LogP contribution in [0.5, 0.6) is 0 Å². The van der Waals surface area contributed by atoms with Crippen molar-refractivity contribution in [3.63, 3.8) is 0 Å². The van der Waals surface area contributed by atoms with Gasteiger partial charge in [-0.15, -0.1) is 0 Å². The van der Waals surface area contributed by atoms with Crippen LogP contribution in [-0.4, -0.2) is 4.57 Å². The molecule has 2 aliphatic rings. The third-order valence-electron chi connectivity index (χ3n) is 4.61. The highest BCUT2D eigenvalue weighted by molar-refractivity contribution is 5.85. The summed E-state index contributed by atoms with van der Waals surface area (Å²) in [6.07, 6.45) is 6.30. The quantitative estimate of drug-likeness (QED) is 0.632. The Kier molecular flexibility index (Phi) is 1.91. The van der Waals surface area contributed by atoms with Crippen LogP contribution in [-0.2, 0) is 0 Å². The number of para-hydroxylation sites is 2. The molecule has 5 rings (SSSR count). The van der Waals surface area contributed by atoms with E-state index in [9.17, 15) is 0 Å². The molecule has 0 bridgehead atoms. The molecule has 0 spiro atoms. The van der Waals surface area contributed by atoms with Crippen LogP contribution in [0.1, 0.15) is 6.42 Å². The van der Waals surface area contributed by atoms with Crippen LogP contribution in [0, 0.1) is 11.8 Å². The van der Waals surface area contributed by atoms with Gasteiger partial charge in [0.2, 0.25) is 0 Å². The standard InChI is InChI=1S/C19H15N/c1-2-6-15(7-3-1)20-18-9-5-4-8-16(18)17-11-13-10-14(13)12-19(17)20/h1-9,11-14H,10H2. The van der Waals surface area contributed by atoms with Crippen molar-refractivity contribution in [2.24, 2.45) is 11.8 Å². The van der Waals surface area contributed by atoms with Gasteiger partial charge in [-0.25, -0.2) is 0 Å². The van der Waals surface area contributed by atoms with Crippen molar-refractivity contribution in [3.8, 4) is 5.69 Å². The van der Waals surface area contributed by atoms with E-state index in [1.54, 1.807) is 0 Å². The molecular formula is C19H15N. The Labute approximate surface area is 117 Å². The highest BCUT2D eigenvalue weighted by Gasteiger charge is 2.35. The van der Waals surface area contributed by atoms with Gasteiger partial charge in [0.15, 0.2) is 0 Å². The van der Waals surface area contributed by atoms with Gasteiger partial charge in [-0.1, -0.05) is 48.6 Å². The smallest absolute Gasteiger partial charge is 0.0540 e. The molecule has 0 aliphatic heterocycles. The molecule has 1 saturated carbocycles. The fourth-order valence-electron chi connectivity index (χ4n) is 3.52. The second kappa shape index (κ2) is 3.63. The third-order valence-corrected chi connectivity index (χ3v) is 4.61. The molecule has 1 heteroatoms. The zero-order valence-corrected chi connectivity index (χ0v) is 11.2. The van der Waals surface area contributed by atoms with E-state index >= 15 is 0 Å². The number of rotatable bonds is 1. The van der Waals surface area contributed by atoms with Gasteiger partial charge < -0.3 is 4.57 Å². The number of hydrogen-bond donors (Lipinski definition) is 0. The Bertz CT molecular complexity index is 931. The molecule has 0 N–H and O–H groups in total. The molecule has 2 unspecified atom stereocenters. The van der Waals surface area contributed by atoms with Crippen LogP contribution in [0.2, 0.25) is 0 Å². The van der Waals surface area contributed by atoms with Crippen LogP contribution in [0.15, 0.2) is 54.6 Å². The van der Waals surface area contributed by atoms with E-state index < -0.39 is 0 Å². The van der Waals surface area contributed by atoms with Gasteiger partial charge in [0.05, 0.1) is 10.9 Å². The van der Waals surface area contributed by atoms with E-state index in [0.717, 1.165) is 11.8 Å². The average molecular weight is 257 g/mol. The fourth-order valence-corrected chi connectivity index (χ4v) is 3.52. The van der Waals surface area contributed by atoms with Crippen molar-refractivity contribution >= 4 is 23.1 Å². The van der Waals surface area contributed by atoms with E-state index in [1.807, 2.05) is 0 Å². The molecule has 1 heterocycles. The predicted octanol–water partition coefficient (Wildman–Crippen LogP) is 2.84. The zero-order chi connectivity index (χ0) is 13.1. The SMILES string of the molecule is C1=c2c(n(-c3ccccc3)c3ccccc23)=CC2CC12. The maximum absolute atomic E-state index is 2.49. The summed E-state index contributed by atoms with van der Waals surface area (Å²) in [5.74, 6) is 1.56. The van der Waals surface area contributed by atoms with Crippen LogP contribution in [0.4, 0.5) is 0 Å². The minimum absolute atomic E-state index is 0.772. The van der Waals surface area contributed by atoms with Gasteiger partial charge in [0, 0.05) is 16.3 Å². The highest BCUT2D eigenvalue weighted by Crippen LogP contribution is 2.42. The topological polar surface area (TPSA) is 4.93 Å². The first-order valence-corrected chi connectivity index (χ1v) is 7.30. The molecule has 0 radical (unpaired) electrons. The summed E-state index contributed by atoms with van der Waals surface area (Å²) in [5, 5.41) is 4.20. The molecule has 3 aromatic rings. The van der Waals surface area contributed by atoms with Crippen LogP contribution < -0.4 is 10.6 Å². The Morgan fingerprint density at radius 2 is 1.55 bits per heavy atom. The number of fused-ring (bicyclic) bond motifs is 4. The van der Waals surface area contributed by atoms with Gasteiger partial charge in [-0.3, -0.25) is 0 Å². The fraction of sp³-hybridized carbons (Fsp3) is 0.158. The summed E-state index contributed by atoms with van der Waals surface area (Å²) in [4.78, 5) is 0. The van der Waals surface area contributed by atoms with Crippen molar-refractivity contribution in [1.29, 1.82) is 0 Å². The van der Waals surface area contributed by atoms with Gasteiger partial charge in [-0.2, -0.15) is 0 Å². The second-order valence-corrected chi connectivity index (χ2v) is 5.88. The Morgan fingerprint density at radius 1 is 0.800 bits per heavy atom. The maximum atomic E-state index is 2.49. The number of nitrogens with zero attached hydrogens (tertiary/aromatic N) is 1. The first-order chi connectivity index (χ1) is 9.92. The summed E-state index contributed by atoms with van der Waals surface area (Å²) in [7, 11) is 0. The summed E-state index contributed by atoms with van der Waals surface area (Å²) < 4.78 is 2.41. The lowest BCUT2D eigenvalue weighted by Crippen LogP contribution is -2.30. The first kappa shape index (κ1) is 10.5. The molecule has 20 heavy (non-hydrogen) atoms. The second-order valence-electron chi connectivity index (χ2n) is 5.88. The molecule has 2 atom stereocenters. The highest BCUT2D eigenvalue weighted by atomic mass is 15.0. The lowest BCUT2D eigenvalue weighted by Gasteiger charge is -2.06. The number of hydrogen-bond acceptors (Lipinski definition) is 0. The summed E-state index contributed by atoms with van der Waals surface area (Å²) in [6.45, 7) is 0. The predicted molar refractivity (Wildman–Crippen MR) is 83.1 cm³/mol. The molecule has 2 aromatic carbocycles. The molecule has 1 aromatic heterocycles. The van der Waals surface area contributed by atoms with E-state index in [1.165, 1.54) is 33.6 Å². The normalized spacial score (nSPS) is 22.6. The largest absolute Gasteiger partial charge is 0.310 e. The molecule has 1 nitrogen and oxygen atoms in total. The minimum Gasteiger partial charge on any atom is -0.310 e. The van der Waals surface area contributed by atoms with Crippen LogP contribution in [0.25, 0.3) is 28.7 Å². The Balaban J connectivity index is 2.00. The summed E-state index contributed by atoms with van der Waals surface area (Å²) in [6, 6.07) is 19.5. The summed E-state index contributed by atoms with van der Waals surface area (Å²) in [5.41, 5.74) is 2.58. The monoisotopic (exact) mass is 257 g/mol. The van der Waals surface area contributed by atoms with E-state index in [0.29, 0.717) is 0 Å². The minimum atomic E-state index is 0.772. The van der Waals surface area contributed by atoms with Crippen LogP contribution in [0.3, 0.4) is 0 Å². The zero-order valence-electron chi connectivity index (χ0n) is 11.2. The van der Waals surface area contributed by atoms with Gasteiger partial charge in [0.1, 0.15) is 0 Å². The number of aromatic nitrogens is 1. The molecule has 0 saturated heterocycles. The lowest BCUT2D eigenvalue weighted by molar-refractivity contribution is 1.00. The third kappa shape index (κ3) is 1.32. The maximum Gasteiger partial charge on any atom is 0.0540 e. The first-order valence-electron chi connectivity index (χ1n) is 7.30. The van der Waals surface area contributed by atoms with Gasteiger partial charge in [-0.05, 0) is 36.5 Å². The van der Waals surface area contributed by atoms with Crippen molar-refractivity contribution < 1.29 is 0 Å². The summed E-state index contributed by atoms with van der Waals surface area (Å²) >= 11 is 0. The Hall–Kier alpha value is -2.28. The number of benzene rings is 2. The Morgan fingerprint density at radius 3 is 2.45 bits per heavy atom. The van der Waals surface area contributed by atoms with E-state index in [-0.39, 0.29) is 0 Å².